The maximum absolute atomic E-state index is 12.2. The van der Waals surface area contributed by atoms with Crippen LogP contribution in [0.1, 0.15) is 22.3 Å². The largest absolute Gasteiger partial charge is 0.497 e. The fourth-order valence-electron chi connectivity index (χ4n) is 3.07. The third kappa shape index (κ3) is 7.98. The molecule has 0 aliphatic heterocycles. The van der Waals surface area contributed by atoms with Gasteiger partial charge in [-0.1, -0.05) is 30.3 Å². The molecular formula is C27H28N4O5. The van der Waals surface area contributed by atoms with E-state index in [1.165, 1.54) is 6.21 Å². The average Bonchev–Trinajstić information content (AvgIpc) is 2.88. The maximum Gasteiger partial charge on any atom is 0.329 e. The second-order valence-electron chi connectivity index (χ2n) is 7.94. The van der Waals surface area contributed by atoms with E-state index in [1.807, 2.05) is 32.0 Å². The highest BCUT2D eigenvalue weighted by Crippen LogP contribution is 2.15. The number of nitrogens with zero attached hydrogens (tertiary/aromatic N) is 1. The van der Waals surface area contributed by atoms with E-state index in [9.17, 15) is 14.4 Å². The Balaban J connectivity index is 1.44. The van der Waals surface area contributed by atoms with Gasteiger partial charge in [0, 0.05) is 12.2 Å². The summed E-state index contributed by atoms with van der Waals surface area (Å²) >= 11 is 0. The van der Waals surface area contributed by atoms with Crippen LogP contribution in [-0.4, -0.2) is 37.7 Å². The van der Waals surface area contributed by atoms with Crippen LogP contribution in [0.2, 0.25) is 0 Å². The summed E-state index contributed by atoms with van der Waals surface area (Å²) in [6, 6.07) is 19.6. The first-order valence-electron chi connectivity index (χ1n) is 11.2. The summed E-state index contributed by atoms with van der Waals surface area (Å²) in [4.78, 5) is 36.1. The van der Waals surface area contributed by atoms with Crippen LogP contribution in [-0.2, 0) is 20.9 Å². The zero-order valence-corrected chi connectivity index (χ0v) is 20.3. The summed E-state index contributed by atoms with van der Waals surface area (Å²) in [6.07, 6.45) is 1.37. The quantitative estimate of drug-likeness (QED) is 0.243. The van der Waals surface area contributed by atoms with Gasteiger partial charge in [-0.05, 0) is 72.5 Å². The van der Waals surface area contributed by atoms with Crippen molar-refractivity contribution in [1.29, 1.82) is 0 Å². The van der Waals surface area contributed by atoms with Crippen molar-refractivity contribution >= 4 is 29.6 Å². The van der Waals surface area contributed by atoms with Gasteiger partial charge in [-0.15, -0.1) is 0 Å². The molecule has 0 heterocycles. The molecule has 9 nitrogen and oxygen atoms in total. The molecule has 186 valence electrons. The topological polar surface area (TPSA) is 118 Å². The molecule has 0 saturated carbocycles. The van der Waals surface area contributed by atoms with Crippen LogP contribution in [0, 0.1) is 13.8 Å². The number of carbonyl (C=O) groups excluding carboxylic acids is 3. The predicted octanol–water partition coefficient (Wildman–Crippen LogP) is 3.10. The summed E-state index contributed by atoms with van der Waals surface area (Å²) in [5, 5.41) is 9.13. The minimum absolute atomic E-state index is 0.168. The van der Waals surface area contributed by atoms with Gasteiger partial charge >= 0.3 is 11.8 Å². The Morgan fingerprint density at radius 3 is 2.39 bits per heavy atom. The number of benzene rings is 3. The van der Waals surface area contributed by atoms with Gasteiger partial charge in [0.15, 0.2) is 6.61 Å². The number of aryl methyl sites for hydroxylation is 2. The summed E-state index contributed by atoms with van der Waals surface area (Å²) in [5.74, 6) is -0.833. The van der Waals surface area contributed by atoms with E-state index in [0.717, 1.165) is 16.7 Å². The van der Waals surface area contributed by atoms with Crippen molar-refractivity contribution in [1.82, 2.24) is 10.7 Å². The van der Waals surface area contributed by atoms with Gasteiger partial charge in [-0.3, -0.25) is 14.4 Å². The van der Waals surface area contributed by atoms with Crippen LogP contribution in [0.15, 0.2) is 71.8 Å². The number of carbonyl (C=O) groups is 3. The van der Waals surface area contributed by atoms with E-state index in [1.54, 1.807) is 55.6 Å². The van der Waals surface area contributed by atoms with Crippen LogP contribution < -0.4 is 25.5 Å². The molecule has 0 aromatic heterocycles. The Morgan fingerprint density at radius 2 is 1.67 bits per heavy atom. The number of methoxy groups -OCH3 is 1. The number of amides is 3. The van der Waals surface area contributed by atoms with Gasteiger partial charge in [0.25, 0.3) is 5.91 Å². The Kier molecular flexibility index (Phi) is 9.16. The van der Waals surface area contributed by atoms with Gasteiger partial charge in [0.1, 0.15) is 11.5 Å². The van der Waals surface area contributed by atoms with Crippen LogP contribution in [0.4, 0.5) is 5.69 Å². The van der Waals surface area contributed by atoms with E-state index in [-0.39, 0.29) is 19.1 Å². The highest BCUT2D eigenvalue weighted by Gasteiger charge is 2.12. The van der Waals surface area contributed by atoms with Crippen molar-refractivity contribution in [3.8, 4) is 11.5 Å². The number of anilines is 1. The van der Waals surface area contributed by atoms with Crippen LogP contribution in [0.25, 0.3) is 0 Å². The molecule has 0 aliphatic rings. The molecule has 0 bridgehead atoms. The maximum atomic E-state index is 12.2. The second-order valence-corrected chi connectivity index (χ2v) is 7.94. The van der Waals surface area contributed by atoms with E-state index in [2.05, 4.69) is 21.2 Å². The summed E-state index contributed by atoms with van der Waals surface area (Å²) in [6.45, 7) is 4.01. The molecule has 0 fully saturated rings. The standard InChI is InChI=1S/C27H28N4O5/c1-18-7-10-22(13-19(18)2)30-25(32)17-36-24-6-4-5-21(14-24)16-29-31-27(34)26(33)28-15-20-8-11-23(35-3)12-9-20/h4-14,16H,15,17H2,1-3H3,(H,28,33)(H,30,32)(H,31,34)/b29-16-. The summed E-state index contributed by atoms with van der Waals surface area (Å²) < 4.78 is 10.6. The third-order valence-electron chi connectivity index (χ3n) is 5.22. The van der Waals surface area contributed by atoms with E-state index < -0.39 is 11.8 Å². The van der Waals surface area contributed by atoms with Crippen molar-refractivity contribution in [2.45, 2.75) is 20.4 Å². The third-order valence-corrected chi connectivity index (χ3v) is 5.22. The van der Waals surface area contributed by atoms with Gasteiger partial charge < -0.3 is 20.1 Å². The fraction of sp³-hybridized carbons (Fsp3) is 0.185. The Bertz CT molecular complexity index is 1260. The van der Waals surface area contributed by atoms with Crippen LogP contribution in [0.5, 0.6) is 11.5 Å². The monoisotopic (exact) mass is 488 g/mol. The number of rotatable bonds is 9. The molecule has 9 heteroatoms. The zero-order chi connectivity index (χ0) is 25.9. The first-order valence-corrected chi connectivity index (χ1v) is 11.2. The average molecular weight is 489 g/mol. The van der Waals surface area contributed by atoms with Crippen molar-refractivity contribution in [2.24, 2.45) is 5.10 Å². The molecule has 0 radical (unpaired) electrons. The number of hydrogen-bond acceptors (Lipinski definition) is 6. The normalized spacial score (nSPS) is 10.5. The molecule has 3 amide bonds. The minimum Gasteiger partial charge on any atom is -0.497 e. The predicted molar refractivity (Wildman–Crippen MR) is 137 cm³/mol. The Morgan fingerprint density at radius 1 is 0.889 bits per heavy atom. The molecule has 0 unspecified atom stereocenters. The van der Waals surface area contributed by atoms with Crippen LogP contribution >= 0.6 is 0 Å². The lowest BCUT2D eigenvalue weighted by atomic mass is 10.1. The van der Waals surface area contributed by atoms with Crippen LogP contribution in [0.3, 0.4) is 0 Å². The van der Waals surface area contributed by atoms with Gasteiger partial charge in [0.2, 0.25) is 0 Å². The number of nitrogens with one attached hydrogen (secondary N) is 3. The fourth-order valence-corrected chi connectivity index (χ4v) is 3.07. The van der Waals surface area contributed by atoms with Gasteiger partial charge in [0.05, 0.1) is 13.3 Å². The molecule has 3 rings (SSSR count). The van der Waals surface area contributed by atoms with Gasteiger partial charge in [-0.25, -0.2) is 5.43 Å². The van der Waals surface area contributed by atoms with Gasteiger partial charge in [-0.2, -0.15) is 5.10 Å². The molecule has 3 aromatic carbocycles. The molecular weight excluding hydrogens is 460 g/mol. The highest BCUT2D eigenvalue weighted by atomic mass is 16.5. The lowest BCUT2D eigenvalue weighted by Gasteiger charge is -2.09. The van der Waals surface area contributed by atoms with Crippen molar-refractivity contribution in [3.63, 3.8) is 0 Å². The second kappa shape index (κ2) is 12.7. The lowest BCUT2D eigenvalue weighted by molar-refractivity contribution is -0.139. The van der Waals surface area contributed by atoms with E-state index >= 15 is 0 Å². The first kappa shape index (κ1) is 26.0. The van der Waals surface area contributed by atoms with Crippen molar-refractivity contribution in [2.75, 3.05) is 19.0 Å². The molecule has 0 saturated heterocycles. The lowest BCUT2D eigenvalue weighted by Crippen LogP contribution is -2.37. The van der Waals surface area contributed by atoms with Crippen molar-refractivity contribution < 1.29 is 23.9 Å². The molecule has 36 heavy (non-hydrogen) atoms. The Hall–Kier alpha value is -4.66. The minimum atomic E-state index is -0.893. The summed E-state index contributed by atoms with van der Waals surface area (Å²) in [5.41, 5.74) is 6.55. The summed E-state index contributed by atoms with van der Waals surface area (Å²) in [7, 11) is 1.57. The molecule has 0 spiro atoms. The number of ether oxygens (including phenoxy) is 2. The number of hydrogen-bond donors (Lipinski definition) is 3. The smallest absolute Gasteiger partial charge is 0.329 e. The highest BCUT2D eigenvalue weighted by molar-refractivity contribution is 6.35. The van der Waals surface area contributed by atoms with Crippen molar-refractivity contribution in [3.05, 3.63) is 89.0 Å². The van der Waals surface area contributed by atoms with E-state index in [0.29, 0.717) is 22.7 Å². The SMILES string of the molecule is COc1ccc(CNC(=O)C(=O)N/N=C\c2cccc(OCC(=O)Nc3ccc(C)c(C)c3)c2)cc1. The number of hydrazone groups is 1. The molecule has 3 N–H and O–H groups in total. The van der Waals surface area contributed by atoms with E-state index in [4.69, 9.17) is 9.47 Å². The molecule has 0 aliphatic carbocycles. The zero-order valence-electron chi connectivity index (χ0n) is 20.3. The molecule has 0 atom stereocenters. The molecule has 3 aromatic rings. The Labute approximate surface area is 209 Å². The first-order chi connectivity index (χ1) is 17.3.